The quantitative estimate of drug-likeness (QED) is 0.923. The predicted octanol–water partition coefficient (Wildman–Crippen LogP) is 2.05. The number of nitrogens with zero attached hydrogens (tertiary/aromatic N) is 4. The van der Waals surface area contributed by atoms with Gasteiger partial charge in [-0.3, -0.25) is 14.4 Å². The summed E-state index contributed by atoms with van der Waals surface area (Å²) in [4.78, 5) is 14.8. The van der Waals surface area contributed by atoms with E-state index >= 15 is 0 Å². The van der Waals surface area contributed by atoms with Crippen LogP contribution < -0.4 is 5.32 Å². The average Bonchev–Trinajstić information content (AvgIpc) is 2.95. The molecule has 2 heterocycles. The molecule has 0 radical (unpaired) electrons. The first-order chi connectivity index (χ1) is 11.6. The summed E-state index contributed by atoms with van der Waals surface area (Å²) in [7, 11) is 1.81. The molecular weight excluding hydrogens is 302 g/mol. The summed E-state index contributed by atoms with van der Waals surface area (Å²) in [5, 5.41) is 16.5. The summed E-state index contributed by atoms with van der Waals surface area (Å²) in [5.41, 5.74) is 2.81. The van der Waals surface area contributed by atoms with Crippen LogP contribution in [0.25, 0.3) is 0 Å². The number of carbonyl (C=O) groups excluding carboxylic acids is 1. The summed E-state index contributed by atoms with van der Waals surface area (Å²) < 4.78 is 1.67. The van der Waals surface area contributed by atoms with Crippen LogP contribution in [0.4, 0.5) is 0 Å². The van der Waals surface area contributed by atoms with Crippen LogP contribution in [0.1, 0.15) is 41.7 Å². The van der Waals surface area contributed by atoms with Crippen molar-refractivity contribution in [1.82, 2.24) is 20.0 Å². The van der Waals surface area contributed by atoms with Crippen molar-refractivity contribution in [2.75, 3.05) is 13.1 Å². The molecule has 6 nitrogen and oxygen atoms in total. The van der Waals surface area contributed by atoms with Gasteiger partial charge in [-0.05, 0) is 45.4 Å². The van der Waals surface area contributed by atoms with Crippen molar-refractivity contribution in [3.05, 3.63) is 40.9 Å². The minimum atomic E-state index is -0.184. The summed E-state index contributed by atoms with van der Waals surface area (Å²) in [6.45, 7) is 3.96. The third-order valence-electron chi connectivity index (χ3n) is 4.93. The lowest BCUT2D eigenvalue weighted by Crippen LogP contribution is -2.41. The first-order valence-electron chi connectivity index (χ1n) is 8.46. The number of piperidine rings is 1. The lowest BCUT2D eigenvalue weighted by atomic mass is 9.94. The smallest absolute Gasteiger partial charge is 0.259 e. The van der Waals surface area contributed by atoms with E-state index in [9.17, 15) is 10.1 Å². The molecule has 0 bridgehead atoms. The molecule has 6 heteroatoms. The van der Waals surface area contributed by atoms with Gasteiger partial charge >= 0.3 is 0 Å². The van der Waals surface area contributed by atoms with Crippen molar-refractivity contribution in [3.8, 4) is 6.07 Å². The molecule has 1 N–H and O–H groups in total. The zero-order chi connectivity index (χ0) is 17.1. The Morgan fingerprint density at radius 1 is 1.38 bits per heavy atom. The Hall–Kier alpha value is -2.39. The Morgan fingerprint density at radius 2 is 2.12 bits per heavy atom. The number of amides is 1. The van der Waals surface area contributed by atoms with Crippen LogP contribution in [0, 0.1) is 18.3 Å². The Bertz CT molecular complexity index is 731. The number of rotatable bonds is 3. The van der Waals surface area contributed by atoms with Crippen LogP contribution in [0.5, 0.6) is 0 Å². The van der Waals surface area contributed by atoms with Gasteiger partial charge in [0.25, 0.3) is 5.91 Å². The lowest BCUT2D eigenvalue weighted by Gasteiger charge is -2.35. The number of likely N-dealkylation sites (tertiary alicyclic amines) is 1. The zero-order valence-electron chi connectivity index (χ0n) is 14.2. The number of hydrogen-bond acceptors (Lipinski definition) is 4. The first kappa shape index (κ1) is 16.5. The van der Waals surface area contributed by atoms with Gasteiger partial charge in [0, 0.05) is 30.1 Å². The maximum Gasteiger partial charge on any atom is 0.259 e. The van der Waals surface area contributed by atoms with Crippen LogP contribution in [0.3, 0.4) is 0 Å². The highest BCUT2D eigenvalue weighted by atomic mass is 16.1. The SMILES string of the molecule is Cc1c(C(=O)NC2=CCC(N3CCCCC3)C(C#N)=C2)cnn1C. The predicted molar refractivity (Wildman–Crippen MR) is 91.0 cm³/mol. The fourth-order valence-corrected chi connectivity index (χ4v) is 3.38. The van der Waals surface area contributed by atoms with Gasteiger partial charge in [-0.1, -0.05) is 12.5 Å². The second-order valence-corrected chi connectivity index (χ2v) is 6.44. The minimum Gasteiger partial charge on any atom is -0.322 e. The number of aromatic nitrogens is 2. The van der Waals surface area contributed by atoms with Crippen molar-refractivity contribution in [2.24, 2.45) is 7.05 Å². The van der Waals surface area contributed by atoms with Gasteiger partial charge in [-0.25, -0.2) is 0 Å². The lowest BCUT2D eigenvalue weighted by molar-refractivity contribution is 0.0965. The number of nitriles is 1. The fourth-order valence-electron chi connectivity index (χ4n) is 3.38. The number of carbonyl (C=O) groups is 1. The first-order valence-corrected chi connectivity index (χ1v) is 8.46. The third kappa shape index (κ3) is 3.26. The monoisotopic (exact) mass is 325 g/mol. The van der Waals surface area contributed by atoms with Crippen LogP contribution in [-0.4, -0.2) is 39.7 Å². The van der Waals surface area contributed by atoms with Gasteiger partial charge < -0.3 is 5.32 Å². The molecule has 1 unspecified atom stereocenters. The van der Waals surface area contributed by atoms with Gasteiger partial charge in [-0.2, -0.15) is 10.4 Å². The standard InChI is InChI=1S/C18H23N5O/c1-13-16(12-20-22(13)2)18(24)21-15-6-7-17(14(10-15)11-19)23-8-4-3-5-9-23/h6,10,12,17H,3-5,7-9H2,1-2H3,(H,21,24). The van der Waals surface area contributed by atoms with Crippen molar-refractivity contribution in [3.63, 3.8) is 0 Å². The summed E-state index contributed by atoms with van der Waals surface area (Å²) >= 11 is 0. The molecule has 0 aromatic carbocycles. The van der Waals surface area contributed by atoms with Crippen molar-refractivity contribution < 1.29 is 4.79 Å². The van der Waals surface area contributed by atoms with Crippen LogP contribution >= 0.6 is 0 Å². The normalized spacial score (nSPS) is 21.6. The molecule has 1 aromatic heterocycles. The second kappa shape index (κ2) is 7.02. The number of hydrogen-bond donors (Lipinski definition) is 1. The van der Waals surface area contributed by atoms with Crippen molar-refractivity contribution in [1.29, 1.82) is 5.26 Å². The largest absolute Gasteiger partial charge is 0.322 e. The molecule has 1 saturated heterocycles. The number of nitrogens with one attached hydrogen (secondary N) is 1. The van der Waals surface area contributed by atoms with Gasteiger partial charge in [0.05, 0.1) is 17.8 Å². The van der Waals surface area contributed by atoms with Crippen molar-refractivity contribution >= 4 is 5.91 Å². The summed E-state index contributed by atoms with van der Waals surface area (Å²) in [5.74, 6) is -0.184. The topological polar surface area (TPSA) is 74.0 Å². The van der Waals surface area contributed by atoms with E-state index < -0.39 is 0 Å². The molecule has 126 valence electrons. The Morgan fingerprint density at radius 3 is 2.75 bits per heavy atom. The highest BCUT2D eigenvalue weighted by Gasteiger charge is 2.26. The maximum atomic E-state index is 12.4. The van der Waals surface area contributed by atoms with E-state index in [-0.39, 0.29) is 11.9 Å². The van der Waals surface area contributed by atoms with E-state index in [0.717, 1.165) is 30.8 Å². The molecule has 1 fully saturated rings. The van der Waals surface area contributed by atoms with E-state index in [1.807, 2.05) is 26.1 Å². The second-order valence-electron chi connectivity index (χ2n) is 6.44. The minimum absolute atomic E-state index is 0.149. The Balaban J connectivity index is 1.71. The van der Waals surface area contributed by atoms with Gasteiger partial charge in [0.2, 0.25) is 0 Å². The van der Waals surface area contributed by atoms with Crippen molar-refractivity contribution in [2.45, 2.75) is 38.6 Å². The van der Waals surface area contributed by atoms with Crippen LogP contribution in [-0.2, 0) is 7.05 Å². The Labute approximate surface area is 142 Å². The molecule has 1 aromatic rings. The highest BCUT2D eigenvalue weighted by Crippen LogP contribution is 2.25. The van der Waals surface area contributed by atoms with Crippen LogP contribution in [0.2, 0.25) is 0 Å². The summed E-state index contributed by atoms with van der Waals surface area (Å²) in [6, 6.07) is 2.47. The van der Waals surface area contributed by atoms with E-state index in [2.05, 4.69) is 21.4 Å². The zero-order valence-corrected chi connectivity index (χ0v) is 14.2. The molecule has 1 aliphatic carbocycles. The average molecular weight is 325 g/mol. The van der Waals surface area contributed by atoms with E-state index in [0.29, 0.717) is 11.3 Å². The molecular formula is C18H23N5O. The summed E-state index contributed by atoms with van der Waals surface area (Å²) in [6.07, 6.45) is 9.83. The van der Waals surface area contributed by atoms with Crippen LogP contribution in [0.15, 0.2) is 29.6 Å². The third-order valence-corrected chi connectivity index (χ3v) is 4.93. The fraction of sp³-hybridized carbons (Fsp3) is 0.500. The number of allylic oxidation sites excluding steroid dienone is 1. The molecule has 1 aliphatic heterocycles. The number of aryl methyl sites for hydroxylation is 1. The van der Waals surface area contributed by atoms with E-state index in [4.69, 9.17) is 0 Å². The van der Waals surface area contributed by atoms with E-state index in [1.54, 1.807) is 10.9 Å². The molecule has 1 atom stereocenters. The molecule has 0 spiro atoms. The molecule has 24 heavy (non-hydrogen) atoms. The maximum absolute atomic E-state index is 12.4. The molecule has 3 rings (SSSR count). The van der Waals surface area contributed by atoms with Gasteiger partial charge in [0.1, 0.15) is 0 Å². The molecule has 1 amide bonds. The molecule has 0 saturated carbocycles. The van der Waals surface area contributed by atoms with Gasteiger partial charge in [-0.15, -0.1) is 0 Å². The molecule has 2 aliphatic rings. The van der Waals surface area contributed by atoms with Gasteiger partial charge in [0.15, 0.2) is 0 Å². The highest BCUT2D eigenvalue weighted by molar-refractivity contribution is 5.96. The van der Waals surface area contributed by atoms with E-state index in [1.165, 1.54) is 19.3 Å². The Kier molecular flexibility index (Phi) is 4.81.